The van der Waals surface area contributed by atoms with Gasteiger partial charge in [0.25, 0.3) is 0 Å². The second kappa shape index (κ2) is 7.63. The molecule has 0 aliphatic carbocycles. The van der Waals surface area contributed by atoms with Gasteiger partial charge in [-0.3, -0.25) is 0 Å². The third-order valence-electron chi connectivity index (χ3n) is 3.97. The van der Waals surface area contributed by atoms with Gasteiger partial charge in [-0.15, -0.1) is 0 Å². The fourth-order valence-electron chi connectivity index (χ4n) is 2.49. The molecule has 0 bridgehead atoms. The summed E-state index contributed by atoms with van der Waals surface area (Å²) in [7, 11) is 0. The van der Waals surface area contributed by atoms with Crippen LogP contribution in [-0.4, -0.2) is 115 Å². The Balaban J connectivity index is 2.07. The highest BCUT2D eigenvalue weighted by atomic mass is 17.3. The second-order valence-electron chi connectivity index (χ2n) is 5.53. The van der Waals surface area contributed by atoms with Crippen LogP contribution in [0.2, 0.25) is 0 Å². The molecule has 2 fully saturated rings. The predicted octanol–water partition coefficient (Wildman–Crippen LogP) is -5.40. The van der Waals surface area contributed by atoms with Crippen LogP contribution in [0, 0.1) is 0 Å². The molecule has 11 nitrogen and oxygen atoms in total. The van der Waals surface area contributed by atoms with E-state index in [4.69, 9.17) is 24.4 Å². The lowest BCUT2D eigenvalue weighted by Crippen LogP contribution is -2.63. The molecule has 0 radical (unpaired) electrons. The molecule has 2 rings (SSSR count). The van der Waals surface area contributed by atoms with E-state index in [2.05, 4.69) is 0 Å². The van der Waals surface area contributed by atoms with Gasteiger partial charge in [-0.1, -0.05) is 0 Å². The van der Waals surface area contributed by atoms with Crippen molar-refractivity contribution in [2.75, 3.05) is 13.2 Å². The monoisotopic (exact) mass is 366 g/mol. The highest BCUT2D eigenvalue weighted by Gasteiger charge is 2.49. The molecule has 11 heteroatoms. The largest absolute Gasteiger partial charge is 0.394 e. The van der Waals surface area contributed by atoms with Gasteiger partial charge in [0.1, 0.15) is 48.8 Å². The molecule has 8 N–H and O–H groups in total. The molecule has 136 valence electrons. The SMILES string of the molecule is O[14CH2][14C@H]1O[14C@H](O[14C@H]2O[14C@H]([14CH2]O)[14C@@H](O)[14C@H](O)[14C@H]2O)[14C@H](O)[14C@@H](O)[14C@@H]1O. The maximum absolute atomic E-state index is 9.84. The van der Waals surface area contributed by atoms with Gasteiger partial charge in [-0.05, 0) is 0 Å². The van der Waals surface area contributed by atoms with E-state index in [0.717, 1.165) is 0 Å². The molecule has 2 aliphatic rings. The first kappa shape index (κ1) is 18.9. The van der Waals surface area contributed by atoms with Crippen molar-refractivity contribution in [2.45, 2.75) is 61.4 Å². The lowest BCUT2D eigenvalue weighted by atomic mass is 11.9. The zero-order chi connectivity index (χ0) is 17.3. The van der Waals surface area contributed by atoms with Gasteiger partial charge in [0.2, 0.25) is 0 Å². The summed E-state index contributed by atoms with van der Waals surface area (Å²) in [5.41, 5.74) is 0. The summed E-state index contributed by atoms with van der Waals surface area (Å²) in [5, 5.41) is 76.4. The van der Waals surface area contributed by atoms with E-state index in [9.17, 15) is 30.6 Å². The Labute approximate surface area is 130 Å². The fourth-order valence-corrected chi connectivity index (χ4v) is 2.49. The minimum absolute atomic E-state index is 0.667. The first-order valence-electron chi connectivity index (χ1n) is 7.08. The van der Waals surface area contributed by atoms with Crippen molar-refractivity contribution in [3.8, 4) is 0 Å². The van der Waals surface area contributed by atoms with E-state index < -0.39 is 74.6 Å². The van der Waals surface area contributed by atoms with E-state index in [-0.39, 0.29) is 0 Å². The number of aliphatic hydroxyl groups is 8. The lowest BCUT2D eigenvalue weighted by molar-refractivity contribution is -0.376. The second-order valence-corrected chi connectivity index (χ2v) is 5.53. The molecule has 2 aliphatic heterocycles. The van der Waals surface area contributed by atoms with Crippen molar-refractivity contribution < 1.29 is 55.1 Å². The van der Waals surface area contributed by atoms with Crippen molar-refractivity contribution in [1.82, 2.24) is 0 Å². The first-order valence-corrected chi connectivity index (χ1v) is 7.08. The van der Waals surface area contributed by atoms with Crippen molar-refractivity contribution in [2.24, 2.45) is 0 Å². The van der Waals surface area contributed by atoms with E-state index in [0.29, 0.717) is 0 Å². The minimum Gasteiger partial charge on any atom is -0.394 e. The number of hydrogen-bond donors (Lipinski definition) is 8. The zero-order valence-electron chi connectivity index (χ0n) is 12.0. The summed E-state index contributed by atoms with van der Waals surface area (Å²) in [4.78, 5) is 0. The number of hydrogen-bond acceptors (Lipinski definition) is 11. The Hall–Kier alpha value is -0.440. The van der Waals surface area contributed by atoms with Crippen LogP contribution >= 0.6 is 0 Å². The molecule has 0 spiro atoms. The Morgan fingerprint density at radius 1 is 0.565 bits per heavy atom. The number of aliphatic hydroxyl groups excluding tert-OH is 8. The Kier molecular flexibility index (Phi) is 6.27. The number of ether oxygens (including phenoxy) is 3. The summed E-state index contributed by atoms with van der Waals surface area (Å²) in [6, 6.07) is 0. The van der Waals surface area contributed by atoms with Crippen molar-refractivity contribution >= 4 is 0 Å². The van der Waals surface area contributed by atoms with Gasteiger partial charge in [0.05, 0.1) is 13.2 Å². The molecule has 0 aromatic rings. The van der Waals surface area contributed by atoms with Crippen LogP contribution in [0.1, 0.15) is 0 Å². The van der Waals surface area contributed by atoms with Crippen molar-refractivity contribution in [1.29, 1.82) is 0 Å². The summed E-state index contributed by atoms with van der Waals surface area (Å²) >= 11 is 0. The first-order chi connectivity index (χ1) is 10.8. The van der Waals surface area contributed by atoms with Crippen LogP contribution in [0.15, 0.2) is 0 Å². The summed E-state index contributed by atoms with van der Waals surface area (Å²) in [6.45, 7) is -1.33. The molecule has 23 heavy (non-hydrogen) atoms. The summed E-state index contributed by atoms with van der Waals surface area (Å²) in [5.74, 6) is 0. The molecule has 0 aromatic carbocycles. The number of rotatable bonds is 4. The molecular formula is C12H22O11. The molecule has 0 amide bonds. The molecule has 0 aromatic heterocycles. The third kappa shape index (κ3) is 3.65. The molecule has 2 heterocycles. The van der Waals surface area contributed by atoms with Crippen LogP contribution in [0.4, 0.5) is 0 Å². The van der Waals surface area contributed by atoms with Crippen molar-refractivity contribution in [3.63, 3.8) is 0 Å². The molecule has 0 saturated carbocycles. The quantitative estimate of drug-likeness (QED) is 0.237. The average molecular weight is 366 g/mol. The topological polar surface area (TPSA) is 190 Å². The van der Waals surface area contributed by atoms with Crippen LogP contribution < -0.4 is 0 Å². The van der Waals surface area contributed by atoms with Crippen LogP contribution in [0.25, 0.3) is 0 Å². The smallest absolute Gasteiger partial charge is 0.189 e. The van der Waals surface area contributed by atoms with Gasteiger partial charge in [0.15, 0.2) is 12.6 Å². The van der Waals surface area contributed by atoms with Gasteiger partial charge < -0.3 is 55.1 Å². The highest BCUT2D eigenvalue weighted by Crippen LogP contribution is 2.27. The molecule has 10 atom stereocenters. The van der Waals surface area contributed by atoms with E-state index in [1.54, 1.807) is 0 Å². The zero-order valence-corrected chi connectivity index (χ0v) is 12.0. The third-order valence-corrected chi connectivity index (χ3v) is 3.97. The molecule has 0 unspecified atom stereocenters. The maximum atomic E-state index is 9.84. The minimum atomic E-state index is -1.72. The van der Waals surface area contributed by atoms with E-state index >= 15 is 0 Å². The van der Waals surface area contributed by atoms with Crippen LogP contribution in [-0.2, 0) is 14.2 Å². The molecular weight excluding hydrogens is 344 g/mol. The Bertz CT molecular complexity index is 344. The molecule has 2 saturated heterocycles. The van der Waals surface area contributed by atoms with Crippen LogP contribution in [0.5, 0.6) is 0 Å². The van der Waals surface area contributed by atoms with E-state index in [1.165, 1.54) is 0 Å². The van der Waals surface area contributed by atoms with Gasteiger partial charge in [-0.2, -0.15) is 0 Å². The summed E-state index contributed by atoms with van der Waals surface area (Å²) < 4.78 is 15.3. The average Bonchev–Trinajstić information content (AvgIpc) is 2.55. The maximum Gasteiger partial charge on any atom is 0.189 e. The summed E-state index contributed by atoms with van der Waals surface area (Å²) in [6.07, 6.45) is -15.6. The fraction of sp³-hybridized carbons (Fsp3) is 1.00. The van der Waals surface area contributed by atoms with Gasteiger partial charge in [0, 0.05) is 0 Å². The van der Waals surface area contributed by atoms with Crippen molar-refractivity contribution in [3.05, 3.63) is 0 Å². The van der Waals surface area contributed by atoms with Gasteiger partial charge >= 0.3 is 0 Å². The Morgan fingerprint density at radius 3 is 1.22 bits per heavy atom. The normalized spacial score (nSPS) is 51.7. The highest BCUT2D eigenvalue weighted by molar-refractivity contribution is 4.92. The van der Waals surface area contributed by atoms with E-state index in [1.807, 2.05) is 0 Å². The van der Waals surface area contributed by atoms with Crippen LogP contribution in [0.3, 0.4) is 0 Å². The standard InChI is InChI=1S/C12H22O11/c13-1-3-5(15)7(17)9(19)11(21-3)23-12-10(20)8(18)6(16)4(2-14)22-12/h3-20H,1-2H2/t3-,4-,5-,6-,7+,8+,9-,10-,11-,12-/m1/s1/i1+2,2+2,3+2,4+2,5+2,6+2,7+2,8+2,9+2,10+2,11+2,12+2. The van der Waals surface area contributed by atoms with Gasteiger partial charge in [-0.25, -0.2) is 0 Å². The predicted molar refractivity (Wildman–Crippen MR) is 68.6 cm³/mol. The lowest BCUT2D eigenvalue weighted by Gasteiger charge is -2.44. The Morgan fingerprint density at radius 2 is 0.913 bits per heavy atom.